The molecule has 0 heterocycles. The highest BCUT2D eigenvalue weighted by Gasteiger charge is 2.32. The van der Waals surface area contributed by atoms with Crippen LogP contribution in [0.2, 0.25) is 0 Å². The molecule has 5 N–H and O–H groups in total. The number of benzene rings is 1. The summed E-state index contributed by atoms with van der Waals surface area (Å²) in [7, 11) is 1.23. The van der Waals surface area contributed by atoms with Crippen molar-refractivity contribution in [3.8, 4) is 11.5 Å². The summed E-state index contributed by atoms with van der Waals surface area (Å²) in [6, 6.07) is 3.36. The normalized spacial score (nSPS) is 11.6. The van der Waals surface area contributed by atoms with Gasteiger partial charge < -0.3 is 43.4 Å². The second kappa shape index (κ2) is 10.6. The third-order valence-corrected chi connectivity index (χ3v) is 3.47. The number of aromatic hydroxyl groups is 1. The molecule has 9 nitrogen and oxygen atoms in total. The van der Waals surface area contributed by atoms with E-state index in [1.807, 2.05) is 0 Å². The Morgan fingerprint density at radius 3 is 2.48 bits per heavy atom. The number of rotatable bonds is 7. The van der Waals surface area contributed by atoms with E-state index in [0.717, 1.165) is 0 Å². The zero-order valence-electron chi connectivity index (χ0n) is 15.7. The highest BCUT2D eigenvalue weighted by atomic mass is 35.5. The van der Waals surface area contributed by atoms with Crippen molar-refractivity contribution in [1.29, 1.82) is 0 Å². The minimum absolute atomic E-state index is 0. The number of hydrogen-bond acceptors (Lipinski definition) is 7. The van der Waals surface area contributed by atoms with Crippen molar-refractivity contribution in [3.63, 3.8) is 0 Å². The van der Waals surface area contributed by atoms with Gasteiger partial charge in [0.05, 0.1) is 13.2 Å². The van der Waals surface area contributed by atoms with Crippen LogP contribution in [0.1, 0.15) is 26.3 Å². The monoisotopic (exact) mass is 402 g/mol. The third-order valence-electron chi connectivity index (χ3n) is 3.47. The van der Waals surface area contributed by atoms with Crippen LogP contribution in [0.4, 0.5) is 4.79 Å². The van der Waals surface area contributed by atoms with Gasteiger partial charge in [-0.1, -0.05) is 6.07 Å². The Hall–Kier alpha value is -2.52. The maximum absolute atomic E-state index is 12.2. The predicted octanol–water partition coefficient (Wildman–Crippen LogP) is -2.56. The number of hydrogen-bond donors (Lipinski definition) is 4. The molecule has 152 valence electrons. The van der Waals surface area contributed by atoms with E-state index >= 15 is 0 Å². The summed E-state index contributed by atoms with van der Waals surface area (Å²) in [6.07, 6.45) is -0.600. The fourth-order valence-electron chi connectivity index (χ4n) is 2.10. The van der Waals surface area contributed by atoms with Gasteiger partial charge in [0.15, 0.2) is 11.5 Å². The summed E-state index contributed by atoms with van der Waals surface area (Å²) in [6.45, 7) is 5.11. The summed E-state index contributed by atoms with van der Waals surface area (Å²) in [5.41, 5.74) is 5.24. The van der Waals surface area contributed by atoms with Crippen molar-refractivity contribution in [2.75, 3.05) is 13.7 Å². The second-order valence-electron chi connectivity index (χ2n) is 6.14. The van der Waals surface area contributed by atoms with Gasteiger partial charge in [0.25, 0.3) is 0 Å². The molecule has 0 saturated heterocycles. The van der Waals surface area contributed by atoms with E-state index in [2.05, 4.69) is 15.4 Å². The van der Waals surface area contributed by atoms with Crippen LogP contribution < -0.4 is 33.5 Å². The van der Waals surface area contributed by atoms with Crippen molar-refractivity contribution < 1.29 is 41.4 Å². The number of carbonyl (C=O) groups is 3. The van der Waals surface area contributed by atoms with Gasteiger partial charge >= 0.3 is 12.1 Å². The van der Waals surface area contributed by atoms with E-state index in [9.17, 15) is 19.5 Å². The molecule has 1 rings (SSSR count). The van der Waals surface area contributed by atoms with Crippen molar-refractivity contribution >= 4 is 18.0 Å². The summed E-state index contributed by atoms with van der Waals surface area (Å²) in [5.74, 6) is -1.40. The van der Waals surface area contributed by atoms with Gasteiger partial charge in [-0.25, -0.2) is 9.59 Å². The first-order valence-corrected chi connectivity index (χ1v) is 8.04. The molecule has 27 heavy (non-hydrogen) atoms. The number of phenols is 1. The molecule has 0 aliphatic carbocycles. The van der Waals surface area contributed by atoms with Crippen LogP contribution in [-0.4, -0.2) is 48.3 Å². The van der Waals surface area contributed by atoms with Gasteiger partial charge in [-0.2, -0.15) is 0 Å². The maximum atomic E-state index is 12.2. The number of nitrogens with two attached hydrogens (primary N) is 1. The predicted molar refractivity (Wildman–Crippen MR) is 93.7 cm³/mol. The molecule has 0 aliphatic heterocycles. The first-order valence-electron chi connectivity index (χ1n) is 8.04. The summed E-state index contributed by atoms with van der Waals surface area (Å²) >= 11 is 0. The highest BCUT2D eigenvalue weighted by Crippen LogP contribution is 2.27. The van der Waals surface area contributed by atoms with Crippen LogP contribution in [0, 0.1) is 0 Å². The van der Waals surface area contributed by atoms with Crippen molar-refractivity contribution in [2.45, 2.75) is 38.8 Å². The van der Waals surface area contributed by atoms with Crippen LogP contribution in [-0.2, 0) is 20.7 Å². The SMILES string of the molecule is CCNC(=O)Oc1cc(C[C@H](N)C(=O)NC(C)(C)C(=O)OC)ccc1O.[Cl-]. The van der Waals surface area contributed by atoms with E-state index in [4.69, 9.17) is 10.5 Å². The molecule has 0 spiro atoms. The zero-order chi connectivity index (χ0) is 19.9. The number of ether oxygens (including phenoxy) is 2. The molecule has 0 saturated carbocycles. The molecule has 1 aromatic carbocycles. The minimum atomic E-state index is -1.22. The molecule has 0 radical (unpaired) electrons. The Bertz CT molecular complexity index is 681. The standard InChI is InChI=1S/C17H25N3O6.ClH/c1-5-19-16(24)26-13-9-10(6-7-12(13)21)8-11(18)14(22)20-17(2,3)15(23)25-4;/h6-7,9,11,21H,5,8,18H2,1-4H3,(H,19,24)(H,20,22);1H/p-1/t11-;/m0./s1. The van der Waals surface area contributed by atoms with E-state index in [0.29, 0.717) is 12.1 Å². The number of carbonyl (C=O) groups excluding carboxylic acids is 3. The average Bonchev–Trinajstić information content (AvgIpc) is 2.56. The van der Waals surface area contributed by atoms with Gasteiger partial charge in [-0.05, 0) is 44.9 Å². The first kappa shape index (κ1) is 24.5. The average molecular weight is 403 g/mol. The Labute approximate surface area is 164 Å². The van der Waals surface area contributed by atoms with Crippen LogP contribution in [0.5, 0.6) is 11.5 Å². The zero-order valence-corrected chi connectivity index (χ0v) is 16.4. The quantitative estimate of drug-likeness (QED) is 0.368. The van der Waals surface area contributed by atoms with Crippen molar-refractivity contribution in [2.24, 2.45) is 5.73 Å². The second-order valence-corrected chi connectivity index (χ2v) is 6.14. The third kappa shape index (κ3) is 7.32. The van der Waals surface area contributed by atoms with E-state index in [-0.39, 0.29) is 30.3 Å². The Morgan fingerprint density at radius 1 is 1.30 bits per heavy atom. The Morgan fingerprint density at radius 2 is 1.93 bits per heavy atom. The first-order chi connectivity index (χ1) is 12.1. The largest absolute Gasteiger partial charge is 1.00 e. The van der Waals surface area contributed by atoms with Gasteiger partial charge in [0, 0.05) is 6.54 Å². The molecule has 10 heteroatoms. The number of esters is 1. The van der Waals surface area contributed by atoms with Crippen molar-refractivity contribution in [3.05, 3.63) is 23.8 Å². The summed E-state index contributed by atoms with van der Waals surface area (Å²) in [4.78, 5) is 35.3. The molecule has 0 bridgehead atoms. The highest BCUT2D eigenvalue weighted by molar-refractivity contribution is 5.89. The van der Waals surface area contributed by atoms with E-state index in [1.54, 1.807) is 13.0 Å². The van der Waals surface area contributed by atoms with Crippen LogP contribution in [0.3, 0.4) is 0 Å². The minimum Gasteiger partial charge on any atom is -1.00 e. The number of nitrogens with one attached hydrogen (secondary N) is 2. The fourth-order valence-corrected chi connectivity index (χ4v) is 2.10. The molecule has 0 unspecified atom stereocenters. The number of phenolic OH excluding ortho intramolecular Hbond substituents is 1. The van der Waals surface area contributed by atoms with Crippen LogP contribution >= 0.6 is 0 Å². The molecule has 2 amide bonds. The van der Waals surface area contributed by atoms with Gasteiger partial charge in [-0.15, -0.1) is 0 Å². The van der Waals surface area contributed by atoms with E-state index < -0.39 is 29.6 Å². The lowest BCUT2D eigenvalue weighted by atomic mass is 10.0. The molecule has 0 fully saturated rings. The summed E-state index contributed by atoms with van der Waals surface area (Å²) < 4.78 is 9.62. The Kier molecular flexibility index (Phi) is 9.60. The van der Waals surface area contributed by atoms with Gasteiger partial charge in [0.1, 0.15) is 5.54 Å². The Balaban J connectivity index is 0.00000676. The lowest BCUT2D eigenvalue weighted by Gasteiger charge is -2.25. The van der Waals surface area contributed by atoms with Gasteiger partial charge in [-0.3, -0.25) is 4.79 Å². The number of amides is 2. The number of methoxy groups -OCH3 is 1. The topological polar surface area (TPSA) is 140 Å². The van der Waals surface area contributed by atoms with Gasteiger partial charge in [0.2, 0.25) is 5.91 Å². The lowest BCUT2D eigenvalue weighted by molar-refractivity contribution is -0.149. The molecule has 1 aromatic rings. The van der Waals surface area contributed by atoms with Crippen LogP contribution in [0.25, 0.3) is 0 Å². The maximum Gasteiger partial charge on any atom is 0.412 e. The van der Waals surface area contributed by atoms with Crippen molar-refractivity contribution in [1.82, 2.24) is 10.6 Å². The fraction of sp³-hybridized carbons (Fsp3) is 0.471. The molecular weight excluding hydrogens is 378 g/mol. The molecule has 0 aromatic heterocycles. The molecule has 0 aliphatic rings. The van der Waals surface area contributed by atoms with E-state index in [1.165, 1.54) is 33.1 Å². The lowest BCUT2D eigenvalue weighted by Crippen LogP contribution is -3.00. The molecule has 1 atom stereocenters. The molecular formula is C17H25ClN3O6-. The van der Waals surface area contributed by atoms with Crippen LogP contribution in [0.15, 0.2) is 18.2 Å². The smallest absolute Gasteiger partial charge is 0.412 e. The number of halogens is 1. The summed E-state index contributed by atoms with van der Waals surface area (Å²) in [5, 5.41) is 14.7.